The number of anilines is 1. The summed E-state index contributed by atoms with van der Waals surface area (Å²) >= 11 is 0. The van der Waals surface area contributed by atoms with Crippen molar-refractivity contribution in [2.24, 2.45) is 5.73 Å². The first-order valence-corrected chi connectivity index (χ1v) is 6.96. The Balaban J connectivity index is 1.75. The van der Waals surface area contributed by atoms with Crippen molar-refractivity contribution in [2.45, 2.75) is 6.04 Å². The summed E-state index contributed by atoms with van der Waals surface area (Å²) in [6, 6.07) is 14.3. The molecule has 1 aromatic heterocycles. The summed E-state index contributed by atoms with van der Waals surface area (Å²) in [4.78, 5) is 16.2. The number of hydrogen-bond acceptors (Lipinski definition) is 4. The summed E-state index contributed by atoms with van der Waals surface area (Å²) in [5, 5.41) is 2.55. The van der Waals surface area contributed by atoms with Crippen LogP contribution in [-0.2, 0) is 0 Å². The largest absolute Gasteiger partial charge is 0.446 e. The van der Waals surface area contributed by atoms with Crippen LogP contribution in [0.25, 0.3) is 0 Å². The van der Waals surface area contributed by atoms with Gasteiger partial charge in [-0.05, 0) is 23.8 Å². The zero-order chi connectivity index (χ0) is 16.2. The first kappa shape index (κ1) is 14.9. The molecule has 0 bridgehead atoms. The fourth-order valence-electron chi connectivity index (χ4n) is 2.10. The normalized spacial score (nSPS) is 11.9. The molecule has 5 nitrogen and oxygen atoms in total. The number of amides is 1. The number of oxazole rings is 1. The first-order valence-electron chi connectivity index (χ1n) is 6.96. The van der Waals surface area contributed by atoms with E-state index in [1.807, 2.05) is 30.3 Å². The third-order valence-corrected chi connectivity index (χ3v) is 3.26. The Morgan fingerprint density at radius 2 is 1.96 bits per heavy atom. The summed E-state index contributed by atoms with van der Waals surface area (Å²) in [5.74, 6) is -0.693. The molecule has 1 unspecified atom stereocenters. The zero-order valence-corrected chi connectivity index (χ0v) is 12.1. The maximum Gasteiger partial charge on any atom is 0.277 e. The lowest BCUT2D eigenvalue weighted by molar-refractivity contribution is 0.102. The molecule has 0 radical (unpaired) electrons. The van der Waals surface area contributed by atoms with Gasteiger partial charge in [0.1, 0.15) is 18.1 Å². The van der Waals surface area contributed by atoms with Crippen molar-refractivity contribution in [1.29, 1.82) is 0 Å². The minimum atomic E-state index is -0.563. The number of nitrogens with zero attached hydrogens (tertiary/aromatic N) is 1. The van der Waals surface area contributed by atoms with E-state index >= 15 is 0 Å². The minimum absolute atomic E-state index is 0.0793. The van der Waals surface area contributed by atoms with Gasteiger partial charge < -0.3 is 15.5 Å². The molecule has 2 aromatic carbocycles. The van der Waals surface area contributed by atoms with Crippen LogP contribution < -0.4 is 11.1 Å². The van der Waals surface area contributed by atoms with Gasteiger partial charge in [0.05, 0.1) is 0 Å². The average molecular weight is 311 g/mol. The minimum Gasteiger partial charge on any atom is -0.446 e. The van der Waals surface area contributed by atoms with Gasteiger partial charge in [0.2, 0.25) is 5.89 Å². The second-order valence-corrected chi connectivity index (χ2v) is 4.92. The summed E-state index contributed by atoms with van der Waals surface area (Å²) in [6.07, 6.45) is 1.23. The highest BCUT2D eigenvalue weighted by atomic mass is 19.1. The lowest BCUT2D eigenvalue weighted by atomic mass is 10.1. The molecule has 0 aliphatic rings. The van der Waals surface area contributed by atoms with Gasteiger partial charge in [-0.1, -0.05) is 36.4 Å². The average Bonchev–Trinajstić information content (AvgIpc) is 3.05. The van der Waals surface area contributed by atoms with Crippen molar-refractivity contribution in [1.82, 2.24) is 4.98 Å². The van der Waals surface area contributed by atoms with E-state index in [4.69, 9.17) is 10.2 Å². The second kappa shape index (κ2) is 6.41. The quantitative estimate of drug-likeness (QED) is 0.775. The predicted molar refractivity (Wildman–Crippen MR) is 83.3 cm³/mol. The molecule has 0 aliphatic carbocycles. The molecule has 0 saturated heterocycles. The number of aromatic nitrogens is 1. The van der Waals surface area contributed by atoms with Gasteiger partial charge >= 0.3 is 0 Å². The molecule has 1 heterocycles. The van der Waals surface area contributed by atoms with Gasteiger partial charge in [-0.25, -0.2) is 9.37 Å². The summed E-state index contributed by atoms with van der Waals surface area (Å²) < 4.78 is 18.4. The molecule has 23 heavy (non-hydrogen) atoms. The number of carbonyl (C=O) groups is 1. The Morgan fingerprint density at radius 1 is 1.17 bits per heavy atom. The summed E-state index contributed by atoms with van der Waals surface area (Å²) in [6.45, 7) is 0. The molecular weight excluding hydrogens is 297 g/mol. The topological polar surface area (TPSA) is 81.1 Å². The molecule has 3 aromatic rings. The number of rotatable bonds is 4. The monoisotopic (exact) mass is 311 g/mol. The Kier molecular flexibility index (Phi) is 4.16. The van der Waals surface area contributed by atoms with Gasteiger partial charge in [-0.15, -0.1) is 0 Å². The third-order valence-electron chi connectivity index (χ3n) is 3.26. The fourth-order valence-corrected chi connectivity index (χ4v) is 2.10. The Labute approximate surface area is 132 Å². The zero-order valence-electron chi connectivity index (χ0n) is 12.1. The second-order valence-electron chi connectivity index (χ2n) is 4.92. The van der Waals surface area contributed by atoms with E-state index in [2.05, 4.69) is 10.3 Å². The maximum absolute atomic E-state index is 13.1. The molecule has 3 rings (SSSR count). The highest BCUT2D eigenvalue weighted by Crippen LogP contribution is 2.19. The molecule has 0 aliphatic heterocycles. The van der Waals surface area contributed by atoms with Crippen molar-refractivity contribution in [3.63, 3.8) is 0 Å². The summed E-state index contributed by atoms with van der Waals surface area (Å²) in [7, 11) is 0. The van der Waals surface area contributed by atoms with Gasteiger partial charge in [-0.3, -0.25) is 4.79 Å². The third kappa shape index (κ3) is 3.44. The van der Waals surface area contributed by atoms with Gasteiger partial charge in [-0.2, -0.15) is 0 Å². The van der Waals surface area contributed by atoms with E-state index in [-0.39, 0.29) is 11.6 Å². The fraction of sp³-hybridized carbons (Fsp3) is 0.0588. The highest BCUT2D eigenvalue weighted by Gasteiger charge is 2.18. The van der Waals surface area contributed by atoms with Crippen molar-refractivity contribution in [3.8, 4) is 0 Å². The van der Waals surface area contributed by atoms with Crippen molar-refractivity contribution >= 4 is 11.6 Å². The molecule has 0 saturated carbocycles. The van der Waals surface area contributed by atoms with Gasteiger partial charge in [0, 0.05) is 5.69 Å². The van der Waals surface area contributed by atoms with Gasteiger partial charge in [0.15, 0.2) is 5.69 Å². The van der Waals surface area contributed by atoms with Crippen LogP contribution in [0.2, 0.25) is 0 Å². The smallest absolute Gasteiger partial charge is 0.277 e. The SMILES string of the molecule is NC(c1ccccc1)c1nc(C(=O)Nc2cccc(F)c2)co1. The van der Waals surface area contributed by atoms with Crippen LogP contribution in [0.1, 0.15) is 28.0 Å². The van der Waals surface area contributed by atoms with E-state index in [1.165, 1.54) is 24.5 Å². The summed E-state index contributed by atoms with van der Waals surface area (Å²) in [5.41, 5.74) is 7.31. The lowest BCUT2D eigenvalue weighted by Crippen LogP contribution is -2.15. The van der Waals surface area contributed by atoms with Crippen LogP contribution in [0.5, 0.6) is 0 Å². The molecule has 0 spiro atoms. The number of halogens is 1. The Morgan fingerprint density at radius 3 is 2.70 bits per heavy atom. The predicted octanol–water partition coefficient (Wildman–Crippen LogP) is 3.11. The number of benzene rings is 2. The van der Waals surface area contributed by atoms with Crippen LogP contribution in [0.15, 0.2) is 65.3 Å². The van der Waals surface area contributed by atoms with Crippen LogP contribution in [0, 0.1) is 5.82 Å². The lowest BCUT2D eigenvalue weighted by Gasteiger charge is -2.06. The van der Waals surface area contributed by atoms with Crippen molar-refractivity contribution < 1.29 is 13.6 Å². The molecule has 0 fully saturated rings. The number of carbonyl (C=O) groups excluding carboxylic acids is 1. The number of nitrogens with two attached hydrogens (primary N) is 1. The Hall–Kier alpha value is -2.99. The molecular formula is C17H14FN3O2. The Bertz CT molecular complexity index is 817. The molecule has 6 heteroatoms. The molecule has 116 valence electrons. The molecule has 1 amide bonds. The number of hydrogen-bond donors (Lipinski definition) is 2. The number of nitrogens with one attached hydrogen (secondary N) is 1. The molecule has 1 atom stereocenters. The standard InChI is InChI=1S/C17H14FN3O2/c18-12-7-4-8-13(9-12)20-16(22)14-10-23-17(21-14)15(19)11-5-2-1-3-6-11/h1-10,15H,19H2,(H,20,22). The van der Waals surface area contributed by atoms with Gasteiger partial charge in [0.25, 0.3) is 5.91 Å². The van der Waals surface area contributed by atoms with Crippen LogP contribution in [0.3, 0.4) is 0 Å². The van der Waals surface area contributed by atoms with Crippen LogP contribution >= 0.6 is 0 Å². The van der Waals surface area contributed by atoms with Crippen molar-refractivity contribution in [2.75, 3.05) is 5.32 Å². The van der Waals surface area contributed by atoms with Crippen LogP contribution in [0.4, 0.5) is 10.1 Å². The van der Waals surface area contributed by atoms with Crippen LogP contribution in [-0.4, -0.2) is 10.9 Å². The van der Waals surface area contributed by atoms with E-state index < -0.39 is 17.8 Å². The first-order chi connectivity index (χ1) is 11.1. The molecule has 3 N–H and O–H groups in total. The van der Waals surface area contributed by atoms with E-state index in [0.29, 0.717) is 5.69 Å². The maximum atomic E-state index is 13.1. The van der Waals surface area contributed by atoms with E-state index in [1.54, 1.807) is 6.07 Å². The van der Waals surface area contributed by atoms with E-state index in [0.717, 1.165) is 5.56 Å². The highest BCUT2D eigenvalue weighted by molar-refractivity contribution is 6.02. The van der Waals surface area contributed by atoms with E-state index in [9.17, 15) is 9.18 Å². The van der Waals surface area contributed by atoms with Crippen molar-refractivity contribution in [3.05, 3.63) is 83.8 Å².